The van der Waals surface area contributed by atoms with Crippen LogP contribution in [-0.4, -0.2) is 56.0 Å². The number of benzene rings is 2. The van der Waals surface area contributed by atoms with Crippen molar-refractivity contribution in [3.05, 3.63) is 71.8 Å². The first kappa shape index (κ1) is 23.4. The molecule has 5 heteroatoms. The van der Waals surface area contributed by atoms with E-state index in [0.717, 1.165) is 36.7 Å². The monoisotopic (exact) mass is 415 g/mol. The average molecular weight is 416 g/mol. The Morgan fingerprint density at radius 1 is 1.03 bits per heavy atom. The molecule has 0 unspecified atom stereocenters. The number of hydrogen-bond acceptors (Lipinski definition) is 3. The minimum atomic E-state index is -0.0527. The van der Waals surface area contributed by atoms with Crippen molar-refractivity contribution in [1.82, 2.24) is 15.1 Å². The first-order chi connectivity index (χ1) is 13.7. The summed E-state index contributed by atoms with van der Waals surface area (Å²) in [5.74, 6) is 0.976. The maximum absolute atomic E-state index is 13.1. The summed E-state index contributed by atoms with van der Waals surface area (Å²) in [5.41, 5.74) is 2.30. The molecule has 2 aromatic carbocycles. The molecule has 0 aromatic heterocycles. The molecule has 1 amide bonds. The molecule has 1 saturated heterocycles. The number of rotatable bonds is 8. The van der Waals surface area contributed by atoms with Crippen LogP contribution in [0.5, 0.6) is 0 Å². The lowest BCUT2D eigenvalue weighted by molar-refractivity contribution is -0.133. The Hall–Kier alpha value is -1.88. The summed E-state index contributed by atoms with van der Waals surface area (Å²) in [6.07, 6.45) is 3.63. The van der Waals surface area contributed by atoms with Gasteiger partial charge in [-0.15, -0.1) is 12.4 Å². The third-order valence-electron chi connectivity index (χ3n) is 5.88. The van der Waals surface area contributed by atoms with Crippen molar-refractivity contribution in [2.75, 3.05) is 40.3 Å². The molecule has 0 radical (unpaired) electrons. The van der Waals surface area contributed by atoms with Crippen LogP contribution in [0.1, 0.15) is 36.4 Å². The Morgan fingerprint density at radius 3 is 2.03 bits per heavy atom. The molecule has 3 rings (SSSR count). The quantitative estimate of drug-likeness (QED) is 0.708. The van der Waals surface area contributed by atoms with Crippen LogP contribution in [0.4, 0.5) is 0 Å². The molecule has 2 aromatic rings. The van der Waals surface area contributed by atoms with Crippen molar-refractivity contribution in [3.63, 3.8) is 0 Å². The van der Waals surface area contributed by atoms with Crippen LogP contribution >= 0.6 is 12.4 Å². The van der Waals surface area contributed by atoms with E-state index in [1.54, 1.807) is 0 Å². The van der Waals surface area contributed by atoms with Gasteiger partial charge in [-0.1, -0.05) is 60.7 Å². The van der Waals surface area contributed by atoms with E-state index in [9.17, 15) is 4.79 Å². The van der Waals surface area contributed by atoms with Crippen molar-refractivity contribution in [3.8, 4) is 0 Å². The summed E-state index contributed by atoms with van der Waals surface area (Å²) in [6.45, 7) is 3.64. The molecule has 1 N–H and O–H groups in total. The highest BCUT2D eigenvalue weighted by Gasteiger charge is 2.26. The second kappa shape index (κ2) is 12.0. The van der Waals surface area contributed by atoms with Crippen LogP contribution in [-0.2, 0) is 4.79 Å². The highest BCUT2D eigenvalue weighted by Crippen LogP contribution is 2.28. The summed E-state index contributed by atoms with van der Waals surface area (Å²) in [7, 11) is 3.95. The van der Waals surface area contributed by atoms with Crippen LogP contribution in [0.15, 0.2) is 60.7 Å². The van der Waals surface area contributed by atoms with Gasteiger partial charge in [-0.25, -0.2) is 0 Å². The Morgan fingerprint density at radius 2 is 1.55 bits per heavy atom. The van der Waals surface area contributed by atoms with E-state index in [1.165, 1.54) is 19.3 Å². The van der Waals surface area contributed by atoms with Crippen LogP contribution in [0.2, 0.25) is 0 Å². The average Bonchev–Trinajstić information content (AvgIpc) is 2.75. The second-order valence-corrected chi connectivity index (χ2v) is 7.84. The van der Waals surface area contributed by atoms with Gasteiger partial charge in [0.15, 0.2) is 0 Å². The molecule has 0 saturated carbocycles. The van der Waals surface area contributed by atoms with E-state index < -0.39 is 0 Å². The third kappa shape index (κ3) is 6.56. The van der Waals surface area contributed by atoms with Crippen molar-refractivity contribution >= 4 is 18.3 Å². The summed E-state index contributed by atoms with van der Waals surface area (Å²) in [4.78, 5) is 17.4. The predicted molar refractivity (Wildman–Crippen MR) is 122 cm³/mol. The number of likely N-dealkylation sites (tertiary alicyclic amines) is 1. The molecular formula is C24H34ClN3O. The van der Waals surface area contributed by atoms with Crippen LogP contribution in [0, 0.1) is 5.92 Å². The number of piperidine rings is 1. The van der Waals surface area contributed by atoms with Gasteiger partial charge in [0.05, 0.1) is 12.6 Å². The zero-order valence-corrected chi connectivity index (χ0v) is 18.4. The Labute approximate surface area is 181 Å². The fraction of sp³-hybridized carbons (Fsp3) is 0.458. The predicted octanol–water partition coefficient (Wildman–Crippen LogP) is 3.98. The molecule has 0 aliphatic carbocycles. The molecule has 1 fully saturated rings. The maximum atomic E-state index is 13.1. The largest absolute Gasteiger partial charge is 0.334 e. The minimum absolute atomic E-state index is 0. The van der Waals surface area contributed by atoms with Gasteiger partial charge in [0, 0.05) is 7.05 Å². The van der Waals surface area contributed by atoms with Gasteiger partial charge < -0.3 is 10.2 Å². The normalized spacial score (nSPS) is 15.1. The van der Waals surface area contributed by atoms with E-state index in [-0.39, 0.29) is 24.4 Å². The molecule has 1 aliphatic rings. The topological polar surface area (TPSA) is 35.6 Å². The molecule has 29 heavy (non-hydrogen) atoms. The van der Waals surface area contributed by atoms with Crippen molar-refractivity contribution in [1.29, 1.82) is 0 Å². The molecule has 0 bridgehead atoms. The van der Waals surface area contributed by atoms with Crippen molar-refractivity contribution in [2.45, 2.75) is 25.3 Å². The second-order valence-electron chi connectivity index (χ2n) is 7.84. The maximum Gasteiger partial charge on any atom is 0.237 e. The van der Waals surface area contributed by atoms with Crippen molar-refractivity contribution < 1.29 is 4.79 Å². The fourth-order valence-corrected chi connectivity index (χ4v) is 4.14. The highest BCUT2D eigenvalue weighted by atomic mass is 35.5. The lowest BCUT2D eigenvalue weighted by atomic mass is 9.93. The van der Waals surface area contributed by atoms with Crippen LogP contribution in [0.3, 0.4) is 0 Å². The molecule has 0 spiro atoms. The number of carbonyl (C=O) groups is 1. The molecule has 0 atom stereocenters. The van der Waals surface area contributed by atoms with E-state index >= 15 is 0 Å². The van der Waals surface area contributed by atoms with Crippen molar-refractivity contribution in [2.24, 2.45) is 5.92 Å². The fourth-order valence-electron chi connectivity index (χ4n) is 4.14. The highest BCUT2D eigenvalue weighted by molar-refractivity contribution is 5.85. The van der Waals surface area contributed by atoms with Gasteiger partial charge in [-0.2, -0.15) is 0 Å². The molecule has 1 aliphatic heterocycles. The zero-order chi connectivity index (χ0) is 19.8. The number of likely N-dealkylation sites (N-methyl/N-ethyl adjacent to an activating group) is 1. The number of amides is 1. The smallest absolute Gasteiger partial charge is 0.237 e. The van der Waals surface area contributed by atoms with Gasteiger partial charge >= 0.3 is 0 Å². The summed E-state index contributed by atoms with van der Waals surface area (Å²) < 4.78 is 0. The minimum Gasteiger partial charge on any atom is -0.334 e. The summed E-state index contributed by atoms with van der Waals surface area (Å²) in [6, 6.07) is 20.6. The van der Waals surface area contributed by atoms with E-state index in [0.29, 0.717) is 6.54 Å². The Kier molecular flexibility index (Phi) is 9.65. The van der Waals surface area contributed by atoms with Gasteiger partial charge in [-0.05, 0) is 63.0 Å². The standard InChI is InChI=1S/C24H33N3O.ClH/c1-25-16-13-20-14-17-27(18-15-20)19-23(28)26(2)24(21-9-5-3-6-10-21)22-11-7-4-8-12-22;/h3-12,20,24-25H,13-19H2,1-2H3;1H. The number of halogens is 1. The zero-order valence-electron chi connectivity index (χ0n) is 17.6. The van der Waals surface area contributed by atoms with Gasteiger partial charge in [-0.3, -0.25) is 9.69 Å². The third-order valence-corrected chi connectivity index (χ3v) is 5.88. The van der Waals surface area contributed by atoms with Gasteiger partial charge in [0.25, 0.3) is 0 Å². The SMILES string of the molecule is CNCCC1CCN(CC(=O)N(C)C(c2ccccc2)c2ccccc2)CC1.Cl. The summed E-state index contributed by atoms with van der Waals surface area (Å²) in [5, 5.41) is 3.24. The van der Waals surface area contributed by atoms with E-state index in [1.807, 2.05) is 55.4 Å². The first-order valence-electron chi connectivity index (χ1n) is 10.4. The van der Waals surface area contributed by atoms with E-state index in [4.69, 9.17) is 0 Å². The van der Waals surface area contributed by atoms with Crippen LogP contribution < -0.4 is 5.32 Å². The Balaban J connectivity index is 0.00000300. The van der Waals surface area contributed by atoms with Crippen LogP contribution in [0.25, 0.3) is 0 Å². The Bertz CT molecular complexity index is 678. The number of nitrogens with one attached hydrogen (secondary N) is 1. The lowest BCUT2D eigenvalue weighted by Gasteiger charge is -2.34. The molecule has 158 valence electrons. The summed E-state index contributed by atoms with van der Waals surface area (Å²) >= 11 is 0. The van der Waals surface area contributed by atoms with E-state index in [2.05, 4.69) is 34.5 Å². The first-order valence-corrected chi connectivity index (χ1v) is 10.4. The number of hydrogen-bond donors (Lipinski definition) is 1. The number of carbonyl (C=O) groups excluding carboxylic acids is 1. The molecule has 4 nitrogen and oxygen atoms in total. The van der Waals surface area contributed by atoms with Gasteiger partial charge in [0.1, 0.15) is 0 Å². The van der Waals surface area contributed by atoms with Gasteiger partial charge in [0.2, 0.25) is 5.91 Å². The number of nitrogens with zero attached hydrogens (tertiary/aromatic N) is 2. The lowest BCUT2D eigenvalue weighted by Crippen LogP contribution is -2.43. The molecular weight excluding hydrogens is 382 g/mol. The molecule has 1 heterocycles.